The molecule has 0 aliphatic heterocycles. The van der Waals surface area contributed by atoms with Gasteiger partial charge in [-0.05, 0) is 62.1 Å². The zero-order chi connectivity index (χ0) is 28.0. The second-order valence-electron chi connectivity index (χ2n) is 8.95. The Kier molecular flexibility index (Phi) is 10.0. The fraction of sp³-hybridized carbons (Fsp3) is 0.417. The quantitative estimate of drug-likeness (QED) is 0.132. The third-order valence-electron chi connectivity index (χ3n) is 5.48. The van der Waals surface area contributed by atoms with E-state index in [2.05, 4.69) is 14.7 Å². The summed E-state index contributed by atoms with van der Waals surface area (Å²) in [5, 5.41) is 8.03. The first-order valence-electron chi connectivity index (χ1n) is 11.7. The van der Waals surface area contributed by atoms with E-state index >= 15 is 0 Å². The Morgan fingerprint density at radius 2 is 1.79 bits per heavy atom. The van der Waals surface area contributed by atoms with E-state index in [1.165, 1.54) is 31.2 Å². The van der Waals surface area contributed by atoms with Gasteiger partial charge in [-0.2, -0.15) is 13.2 Å². The van der Waals surface area contributed by atoms with Crippen molar-refractivity contribution in [2.24, 2.45) is 5.73 Å². The fourth-order valence-electron chi connectivity index (χ4n) is 3.52. The molecule has 1 atom stereocenters. The van der Waals surface area contributed by atoms with Gasteiger partial charge in [0.05, 0.1) is 24.3 Å². The summed E-state index contributed by atoms with van der Waals surface area (Å²) in [5.74, 6) is -0.580. The lowest BCUT2D eigenvalue weighted by Gasteiger charge is -2.21. The minimum absolute atomic E-state index is 0.108. The minimum Gasteiger partial charge on any atom is -0.493 e. The smallest absolute Gasteiger partial charge is 0.469 e. The molecule has 2 aromatic carbocycles. The number of hydrogen-bond acceptors (Lipinski definition) is 7. The SMILES string of the molecule is C[C@](N)(COP(=O)(O)O)c1nnc(-c2ccc(OCCCCCCc3cccc(F)c3)c(C(F)(F)F)c2)s1. The Morgan fingerprint density at radius 3 is 2.47 bits per heavy atom. The molecule has 208 valence electrons. The largest absolute Gasteiger partial charge is 0.493 e. The molecule has 4 N–H and O–H groups in total. The highest BCUT2D eigenvalue weighted by Crippen LogP contribution is 2.41. The van der Waals surface area contributed by atoms with Crippen molar-refractivity contribution in [2.75, 3.05) is 13.2 Å². The standard InChI is InChI=1S/C24H28F4N3O5PS/c1-23(29,15-36-37(32,33)34)22-31-30-21(38-22)17-10-11-20(19(14-17)24(26,27)28)35-12-5-3-2-4-7-16-8-6-9-18(25)13-16/h6,8-11,13-14H,2-5,7,12,15,29H2,1H3,(H2,32,33,34)/t23-/m0/s1. The molecule has 0 aliphatic carbocycles. The molecule has 14 heteroatoms. The van der Waals surface area contributed by atoms with Crippen LogP contribution in [0.4, 0.5) is 17.6 Å². The van der Waals surface area contributed by atoms with E-state index in [-0.39, 0.29) is 33.8 Å². The molecule has 1 aromatic heterocycles. The molecular formula is C24H28F4N3O5PS. The Hall–Kier alpha value is -2.41. The molecule has 0 saturated heterocycles. The van der Waals surface area contributed by atoms with Crippen molar-refractivity contribution in [1.82, 2.24) is 10.2 Å². The summed E-state index contributed by atoms with van der Waals surface area (Å²) in [7, 11) is -4.77. The van der Waals surface area contributed by atoms with Crippen LogP contribution in [0.1, 0.15) is 48.7 Å². The molecule has 0 aliphatic rings. The van der Waals surface area contributed by atoms with Gasteiger partial charge in [0, 0.05) is 5.56 Å². The number of rotatable bonds is 13. The molecule has 0 fully saturated rings. The van der Waals surface area contributed by atoms with Crippen LogP contribution in [0, 0.1) is 5.82 Å². The van der Waals surface area contributed by atoms with Crippen LogP contribution in [0.2, 0.25) is 0 Å². The molecular weight excluding hydrogens is 549 g/mol. The minimum atomic E-state index is -4.77. The number of alkyl halides is 3. The van der Waals surface area contributed by atoms with Gasteiger partial charge in [0.1, 0.15) is 21.6 Å². The lowest BCUT2D eigenvalue weighted by molar-refractivity contribution is -0.138. The van der Waals surface area contributed by atoms with Crippen molar-refractivity contribution < 1.29 is 41.2 Å². The van der Waals surface area contributed by atoms with Gasteiger partial charge in [0.2, 0.25) is 0 Å². The van der Waals surface area contributed by atoms with Gasteiger partial charge in [-0.3, -0.25) is 4.52 Å². The number of phosphoric ester groups is 1. The Labute approximate surface area is 221 Å². The van der Waals surface area contributed by atoms with Crippen molar-refractivity contribution >= 4 is 19.2 Å². The van der Waals surface area contributed by atoms with Crippen LogP contribution < -0.4 is 10.5 Å². The Morgan fingerprint density at radius 1 is 1.05 bits per heavy atom. The summed E-state index contributed by atoms with van der Waals surface area (Å²) in [6.45, 7) is 0.945. The zero-order valence-corrected chi connectivity index (χ0v) is 22.2. The van der Waals surface area contributed by atoms with Crippen LogP contribution in [0.25, 0.3) is 10.6 Å². The van der Waals surface area contributed by atoms with Gasteiger partial charge in [0.15, 0.2) is 0 Å². The van der Waals surface area contributed by atoms with E-state index in [1.807, 2.05) is 6.07 Å². The second kappa shape index (κ2) is 12.6. The number of hydrogen-bond donors (Lipinski definition) is 3. The van der Waals surface area contributed by atoms with Crippen LogP contribution in [-0.2, 0) is 27.2 Å². The molecule has 0 saturated carbocycles. The maximum Gasteiger partial charge on any atom is 0.469 e. The van der Waals surface area contributed by atoms with E-state index in [0.717, 1.165) is 48.6 Å². The highest BCUT2D eigenvalue weighted by Gasteiger charge is 2.35. The van der Waals surface area contributed by atoms with Gasteiger partial charge in [-0.1, -0.05) is 36.3 Å². The lowest BCUT2D eigenvalue weighted by atomic mass is 10.1. The molecule has 0 spiro atoms. The Balaban J connectivity index is 1.58. The van der Waals surface area contributed by atoms with Crippen LogP contribution in [-0.4, -0.2) is 33.2 Å². The van der Waals surface area contributed by atoms with Gasteiger partial charge in [0.25, 0.3) is 0 Å². The van der Waals surface area contributed by atoms with E-state index in [9.17, 15) is 22.1 Å². The maximum absolute atomic E-state index is 13.8. The number of aryl methyl sites for hydroxylation is 1. The normalized spacial score (nSPS) is 13.9. The zero-order valence-electron chi connectivity index (χ0n) is 20.4. The first-order chi connectivity index (χ1) is 17.7. The third-order valence-corrected chi connectivity index (χ3v) is 7.20. The van der Waals surface area contributed by atoms with Crippen molar-refractivity contribution in [3.8, 4) is 16.3 Å². The predicted molar refractivity (Wildman–Crippen MR) is 134 cm³/mol. The maximum atomic E-state index is 13.8. The number of nitrogens with two attached hydrogens (primary N) is 1. The van der Waals surface area contributed by atoms with Crippen LogP contribution >= 0.6 is 19.2 Å². The van der Waals surface area contributed by atoms with Crippen molar-refractivity contribution in [2.45, 2.75) is 50.7 Å². The Bertz CT molecular complexity index is 1270. The number of nitrogens with zero attached hydrogens (tertiary/aromatic N) is 2. The van der Waals surface area contributed by atoms with Gasteiger partial charge in [-0.25, -0.2) is 8.96 Å². The monoisotopic (exact) mass is 577 g/mol. The average Bonchev–Trinajstić information content (AvgIpc) is 3.33. The number of phosphoric acid groups is 1. The average molecular weight is 578 g/mol. The highest BCUT2D eigenvalue weighted by atomic mass is 32.1. The third kappa shape index (κ3) is 9.11. The van der Waals surface area contributed by atoms with E-state index < -0.39 is 31.7 Å². The topological polar surface area (TPSA) is 128 Å². The number of benzene rings is 2. The molecule has 3 rings (SSSR count). The van der Waals surface area contributed by atoms with Crippen molar-refractivity contribution in [3.05, 3.63) is 64.4 Å². The summed E-state index contributed by atoms with van der Waals surface area (Å²) >= 11 is 0.888. The van der Waals surface area contributed by atoms with Crippen LogP contribution in [0.15, 0.2) is 42.5 Å². The highest BCUT2D eigenvalue weighted by molar-refractivity contribution is 7.46. The molecule has 0 amide bonds. The van der Waals surface area contributed by atoms with Crippen LogP contribution in [0.3, 0.4) is 0 Å². The number of aromatic nitrogens is 2. The molecule has 38 heavy (non-hydrogen) atoms. The van der Waals surface area contributed by atoms with Crippen molar-refractivity contribution in [1.29, 1.82) is 0 Å². The number of ether oxygens (including phenoxy) is 1. The summed E-state index contributed by atoms with van der Waals surface area (Å²) in [6.07, 6.45) is -0.957. The van der Waals surface area contributed by atoms with E-state index in [0.29, 0.717) is 6.42 Å². The fourth-order valence-corrected chi connectivity index (χ4v) is 4.84. The predicted octanol–water partition coefficient (Wildman–Crippen LogP) is 5.83. The summed E-state index contributed by atoms with van der Waals surface area (Å²) in [4.78, 5) is 17.8. The van der Waals surface area contributed by atoms with Crippen LogP contribution in [0.5, 0.6) is 5.75 Å². The molecule has 1 heterocycles. The summed E-state index contributed by atoms with van der Waals surface area (Å²) in [5.41, 5.74) is 4.68. The second-order valence-corrected chi connectivity index (χ2v) is 11.2. The summed E-state index contributed by atoms with van der Waals surface area (Å²) < 4.78 is 75.4. The summed E-state index contributed by atoms with van der Waals surface area (Å²) in [6, 6.07) is 9.95. The van der Waals surface area contributed by atoms with E-state index in [4.69, 9.17) is 20.3 Å². The number of unbranched alkanes of at least 4 members (excludes halogenated alkanes) is 3. The first-order valence-corrected chi connectivity index (χ1v) is 14.0. The molecule has 0 radical (unpaired) electrons. The lowest BCUT2D eigenvalue weighted by Crippen LogP contribution is -2.37. The van der Waals surface area contributed by atoms with Gasteiger partial charge < -0.3 is 20.3 Å². The van der Waals surface area contributed by atoms with Gasteiger partial charge in [-0.15, -0.1) is 10.2 Å². The number of halogens is 4. The molecule has 8 nitrogen and oxygen atoms in total. The molecule has 0 bridgehead atoms. The first kappa shape index (κ1) is 30.1. The molecule has 3 aromatic rings. The van der Waals surface area contributed by atoms with Crippen molar-refractivity contribution in [3.63, 3.8) is 0 Å². The van der Waals surface area contributed by atoms with E-state index in [1.54, 1.807) is 6.07 Å². The molecule has 0 unspecified atom stereocenters. The van der Waals surface area contributed by atoms with Gasteiger partial charge >= 0.3 is 14.0 Å².